The van der Waals surface area contributed by atoms with Crippen molar-refractivity contribution < 1.29 is 27.4 Å². The highest BCUT2D eigenvalue weighted by molar-refractivity contribution is 7.92. The van der Waals surface area contributed by atoms with E-state index in [1.807, 2.05) is 31.2 Å². The first-order valence-electron chi connectivity index (χ1n) is 11.1. The minimum absolute atomic E-state index is 0.0194. The number of rotatable bonds is 11. The molecule has 1 amide bonds. The minimum Gasteiger partial charge on any atom is -0.497 e. The van der Waals surface area contributed by atoms with Crippen LogP contribution in [0, 0.1) is 0 Å². The third-order valence-corrected chi connectivity index (χ3v) is 7.31. The molecule has 0 aliphatic heterocycles. The largest absolute Gasteiger partial charge is 0.497 e. The second-order valence-electron chi connectivity index (χ2n) is 7.67. The average molecular weight is 499 g/mol. The minimum atomic E-state index is -4.10. The molecule has 0 aliphatic carbocycles. The van der Waals surface area contributed by atoms with Gasteiger partial charge in [-0.15, -0.1) is 0 Å². The summed E-state index contributed by atoms with van der Waals surface area (Å²) in [6.07, 6.45) is 0.631. The van der Waals surface area contributed by atoms with Crippen molar-refractivity contribution in [2.75, 3.05) is 32.2 Å². The number of hydrogen-bond acceptors (Lipinski definition) is 6. The van der Waals surface area contributed by atoms with Crippen LogP contribution < -0.4 is 23.8 Å². The number of ether oxygens (including phenoxy) is 3. The second-order valence-corrected chi connectivity index (χ2v) is 9.53. The maximum Gasteiger partial charge on any atom is 0.264 e. The van der Waals surface area contributed by atoms with Gasteiger partial charge < -0.3 is 19.5 Å². The van der Waals surface area contributed by atoms with Crippen molar-refractivity contribution in [3.63, 3.8) is 0 Å². The van der Waals surface area contributed by atoms with Crippen LogP contribution >= 0.6 is 0 Å². The quantitative estimate of drug-likeness (QED) is 0.426. The molecule has 8 nitrogen and oxygen atoms in total. The smallest absolute Gasteiger partial charge is 0.264 e. The Labute approximate surface area is 206 Å². The molecule has 0 saturated carbocycles. The van der Waals surface area contributed by atoms with Gasteiger partial charge in [0.05, 0.1) is 38.0 Å². The number of benzene rings is 3. The number of methoxy groups -OCH3 is 3. The molecule has 0 fully saturated rings. The Morgan fingerprint density at radius 2 is 1.54 bits per heavy atom. The van der Waals surface area contributed by atoms with E-state index in [0.29, 0.717) is 23.6 Å². The summed E-state index contributed by atoms with van der Waals surface area (Å²) in [6.45, 7) is 1.55. The zero-order valence-electron chi connectivity index (χ0n) is 20.2. The summed E-state index contributed by atoms with van der Waals surface area (Å²) in [4.78, 5) is 13.1. The van der Waals surface area contributed by atoms with Gasteiger partial charge in [0.2, 0.25) is 5.91 Å². The van der Waals surface area contributed by atoms with Crippen LogP contribution in [0.3, 0.4) is 0 Å². The Bertz CT molecular complexity index is 1230. The van der Waals surface area contributed by atoms with E-state index < -0.39 is 22.5 Å². The number of amides is 1. The molecule has 3 aromatic rings. The van der Waals surface area contributed by atoms with Crippen molar-refractivity contribution >= 4 is 21.6 Å². The van der Waals surface area contributed by atoms with Crippen LogP contribution in [0.2, 0.25) is 0 Å². The lowest BCUT2D eigenvalue weighted by Crippen LogP contribution is -2.42. The number of para-hydroxylation sites is 1. The Hall–Kier alpha value is -3.72. The Morgan fingerprint density at radius 1 is 0.886 bits per heavy atom. The first-order chi connectivity index (χ1) is 16.8. The molecule has 9 heteroatoms. The summed E-state index contributed by atoms with van der Waals surface area (Å²) >= 11 is 0. The van der Waals surface area contributed by atoms with E-state index in [9.17, 15) is 13.2 Å². The van der Waals surface area contributed by atoms with E-state index in [1.165, 1.54) is 32.4 Å². The van der Waals surface area contributed by atoms with Crippen molar-refractivity contribution in [1.82, 2.24) is 5.32 Å². The van der Waals surface area contributed by atoms with Gasteiger partial charge in [-0.25, -0.2) is 8.42 Å². The van der Waals surface area contributed by atoms with Crippen LogP contribution in [0.5, 0.6) is 17.2 Å². The van der Waals surface area contributed by atoms with E-state index >= 15 is 0 Å². The molecule has 1 unspecified atom stereocenters. The van der Waals surface area contributed by atoms with Gasteiger partial charge in [-0.1, -0.05) is 37.3 Å². The summed E-state index contributed by atoms with van der Waals surface area (Å²) in [7, 11) is 0.389. The van der Waals surface area contributed by atoms with E-state index in [0.717, 1.165) is 9.87 Å². The molecule has 3 rings (SSSR count). The molecule has 1 atom stereocenters. The Kier molecular flexibility index (Phi) is 8.59. The van der Waals surface area contributed by atoms with Crippen LogP contribution in [-0.4, -0.2) is 42.2 Å². The third-order valence-electron chi connectivity index (χ3n) is 5.54. The number of sulfonamides is 1. The topological polar surface area (TPSA) is 94.2 Å². The zero-order chi connectivity index (χ0) is 25.4. The van der Waals surface area contributed by atoms with E-state index in [4.69, 9.17) is 14.2 Å². The van der Waals surface area contributed by atoms with Crippen LogP contribution in [0.15, 0.2) is 77.7 Å². The molecule has 0 saturated heterocycles. The Balaban J connectivity index is 1.91. The van der Waals surface area contributed by atoms with Crippen LogP contribution in [0.1, 0.15) is 24.9 Å². The summed E-state index contributed by atoms with van der Waals surface area (Å²) in [5, 5.41) is 2.95. The van der Waals surface area contributed by atoms with Crippen molar-refractivity contribution in [3.05, 3.63) is 78.4 Å². The molecule has 3 aromatic carbocycles. The van der Waals surface area contributed by atoms with Gasteiger partial charge in [-0.2, -0.15) is 0 Å². The van der Waals surface area contributed by atoms with Crippen LogP contribution in [0.4, 0.5) is 5.69 Å². The van der Waals surface area contributed by atoms with Crippen molar-refractivity contribution in [2.24, 2.45) is 0 Å². The average Bonchev–Trinajstić information content (AvgIpc) is 2.90. The summed E-state index contributed by atoms with van der Waals surface area (Å²) in [5.41, 5.74) is 1.27. The molecule has 0 aliphatic rings. The maximum absolute atomic E-state index is 13.7. The van der Waals surface area contributed by atoms with Gasteiger partial charge >= 0.3 is 0 Å². The highest BCUT2D eigenvalue weighted by Crippen LogP contribution is 2.32. The number of nitrogens with one attached hydrogen (secondary N) is 1. The van der Waals surface area contributed by atoms with Crippen molar-refractivity contribution in [3.8, 4) is 17.2 Å². The lowest BCUT2D eigenvalue weighted by Gasteiger charge is -2.26. The second kappa shape index (κ2) is 11.6. The summed E-state index contributed by atoms with van der Waals surface area (Å²) < 4.78 is 44.1. The SMILES string of the molecule is CCC(NC(=O)CN(c1ccccc1)S(=O)(=O)c1ccc(OC)c(OC)c1)c1ccc(OC)cc1. The molecular formula is C26H30N2O6S. The maximum atomic E-state index is 13.7. The molecule has 0 bridgehead atoms. The molecule has 0 heterocycles. The van der Waals surface area contributed by atoms with Gasteiger partial charge in [0.15, 0.2) is 11.5 Å². The monoisotopic (exact) mass is 498 g/mol. The zero-order valence-corrected chi connectivity index (χ0v) is 21.0. The summed E-state index contributed by atoms with van der Waals surface area (Å²) in [5.74, 6) is 0.962. The highest BCUT2D eigenvalue weighted by atomic mass is 32.2. The molecule has 0 spiro atoms. The van der Waals surface area contributed by atoms with E-state index in [1.54, 1.807) is 37.4 Å². The highest BCUT2D eigenvalue weighted by Gasteiger charge is 2.29. The lowest BCUT2D eigenvalue weighted by atomic mass is 10.0. The van der Waals surface area contributed by atoms with Gasteiger partial charge in [-0.3, -0.25) is 9.10 Å². The molecular weight excluding hydrogens is 468 g/mol. The molecule has 0 radical (unpaired) electrons. The third kappa shape index (κ3) is 6.05. The van der Waals surface area contributed by atoms with Gasteiger partial charge in [0, 0.05) is 6.07 Å². The molecule has 1 N–H and O–H groups in total. The van der Waals surface area contributed by atoms with Crippen LogP contribution in [-0.2, 0) is 14.8 Å². The van der Waals surface area contributed by atoms with Gasteiger partial charge in [0.1, 0.15) is 12.3 Å². The number of nitrogens with zero attached hydrogens (tertiary/aromatic N) is 1. The summed E-state index contributed by atoms with van der Waals surface area (Å²) in [6, 6.07) is 20.0. The Morgan fingerprint density at radius 3 is 2.11 bits per heavy atom. The van der Waals surface area contributed by atoms with Crippen molar-refractivity contribution in [1.29, 1.82) is 0 Å². The van der Waals surface area contributed by atoms with Crippen molar-refractivity contribution in [2.45, 2.75) is 24.3 Å². The molecule has 35 heavy (non-hydrogen) atoms. The predicted molar refractivity (Wildman–Crippen MR) is 135 cm³/mol. The van der Waals surface area contributed by atoms with Crippen LogP contribution in [0.25, 0.3) is 0 Å². The fourth-order valence-corrected chi connectivity index (χ4v) is 5.08. The lowest BCUT2D eigenvalue weighted by molar-refractivity contribution is -0.120. The fourth-order valence-electron chi connectivity index (χ4n) is 3.64. The predicted octanol–water partition coefficient (Wildman–Crippen LogP) is 4.18. The van der Waals surface area contributed by atoms with Gasteiger partial charge in [-0.05, 0) is 48.4 Å². The normalized spacial score (nSPS) is 11.9. The van der Waals surface area contributed by atoms with Gasteiger partial charge in [0.25, 0.3) is 10.0 Å². The van der Waals surface area contributed by atoms with E-state index in [2.05, 4.69) is 5.32 Å². The number of hydrogen-bond donors (Lipinski definition) is 1. The number of anilines is 1. The molecule has 0 aromatic heterocycles. The first-order valence-corrected chi connectivity index (χ1v) is 12.5. The van der Waals surface area contributed by atoms with E-state index in [-0.39, 0.29) is 16.7 Å². The molecule has 186 valence electrons. The standard InChI is InChI=1S/C26H30N2O6S/c1-5-23(19-11-13-21(32-2)14-12-19)27-26(29)18-28(20-9-7-6-8-10-20)35(30,31)22-15-16-24(33-3)25(17-22)34-4/h6-17,23H,5,18H2,1-4H3,(H,27,29). The number of carbonyl (C=O) groups excluding carboxylic acids is 1. The number of carbonyl (C=O) groups is 1. The fraction of sp³-hybridized carbons (Fsp3) is 0.269. The first kappa shape index (κ1) is 25.9.